The van der Waals surface area contributed by atoms with Crippen molar-refractivity contribution < 1.29 is 28.2 Å². The SMILES string of the molecule is Cn1cc(S(=O)(=O)N[C@@H](CC(=O)O)C(=O)O)cn1. The average Bonchev–Trinajstić information content (AvgIpc) is 2.63. The van der Waals surface area contributed by atoms with E-state index in [1.807, 2.05) is 0 Å². The monoisotopic (exact) mass is 277 g/mol. The van der Waals surface area contributed by atoms with Crippen molar-refractivity contribution in [2.24, 2.45) is 7.05 Å². The Kier molecular flexibility index (Phi) is 4.03. The van der Waals surface area contributed by atoms with Crippen LogP contribution >= 0.6 is 0 Å². The van der Waals surface area contributed by atoms with Gasteiger partial charge >= 0.3 is 11.9 Å². The van der Waals surface area contributed by atoms with E-state index < -0.39 is 34.4 Å². The van der Waals surface area contributed by atoms with Gasteiger partial charge < -0.3 is 10.2 Å². The Bertz CT molecular complexity index is 563. The van der Waals surface area contributed by atoms with Crippen LogP contribution in [0, 0.1) is 0 Å². The molecule has 0 saturated carbocycles. The number of hydrogen-bond acceptors (Lipinski definition) is 5. The zero-order chi connectivity index (χ0) is 13.9. The molecule has 10 heteroatoms. The maximum absolute atomic E-state index is 11.7. The molecule has 0 radical (unpaired) electrons. The molecule has 0 aliphatic rings. The van der Waals surface area contributed by atoms with E-state index in [9.17, 15) is 18.0 Å². The molecule has 9 nitrogen and oxygen atoms in total. The van der Waals surface area contributed by atoms with Crippen LogP contribution in [0.15, 0.2) is 17.3 Å². The first-order valence-electron chi connectivity index (χ1n) is 4.68. The molecule has 100 valence electrons. The number of aromatic nitrogens is 2. The summed E-state index contributed by atoms with van der Waals surface area (Å²) in [6.07, 6.45) is 1.35. The number of aryl methyl sites for hydroxylation is 1. The van der Waals surface area contributed by atoms with Gasteiger partial charge in [0.05, 0.1) is 12.6 Å². The second-order valence-corrected chi connectivity index (χ2v) is 5.17. The normalized spacial score (nSPS) is 13.2. The smallest absolute Gasteiger partial charge is 0.322 e. The number of nitrogens with zero attached hydrogens (tertiary/aromatic N) is 2. The zero-order valence-corrected chi connectivity index (χ0v) is 10.1. The van der Waals surface area contributed by atoms with Crippen LogP contribution in [0.3, 0.4) is 0 Å². The largest absolute Gasteiger partial charge is 0.481 e. The summed E-state index contributed by atoms with van der Waals surface area (Å²) in [5, 5.41) is 20.8. The van der Waals surface area contributed by atoms with Crippen molar-refractivity contribution in [3.8, 4) is 0 Å². The van der Waals surface area contributed by atoms with E-state index in [4.69, 9.17) is 10.2 Å². The molecular formula is C8H11N3O6S. The van der Waals surface area contributed by atoms with Gasteiger partial charge in [-0.05, 0) is 0 Å². The first kappa shape index (κ1) is 14.1. The Morgan fingerprint density at radius 1 is 1.50 bits per heavy atom. The summed E-state index contributed by atoms with van der Waals surface area (Å²) in [5.41, 5.74) is 0. The van der Waals surface area contributed by atoms with Gasteiger partial charge in [0.2, 0.25) is 10.0 Å². The van der Waals surface area contributed by atoms with Crippen LogP contribution in [0.25, 0.3) is 0 Å². The highest BCUT2D eigenvalue weighted by atomic mass is 32.2. The highest BCUT2D eigenvalue weighted by Gasteiger charge is 2.28. The molecular weight excluding hydrogens is 266 g/mol. The quantitative estimate of drug-likeness (QED) is 0.582. The average molecular weight is 277 g/mol. The van der Waals surface area contributed by atoms with E-state index in [2.05, 4.69) is 5.10 Å². The van der Waals surface area contributed by atoms with Gasteiger partial charge in [0.25, 0.3) is 0 Å². The highest BCUT2D eigenvalue weighted by Crippen LogP contribution is 2.08. The van der Waals surface area contributed by atoms with Gasteiger partial charge in [-0.2, -0.15) is 9.82 Å². The lowest BCUT2D eigenvalue weighted by Crippen LogP contribution is -2.42. The molecule has 0 aliphatic carbocycles. The molecule has 1 atom stereocenters. The molecule has 0 spiro atoms. The van der Waals surface area contributed by atoms with Crippen LogP contribution in [-0.4, -0.2) is 46.4 Å². The summed E-state index contributed by atoms with van der Waals surface area (Å²) in [6.45, 7) is 0. The molecule has 18 heavy (non-hydrogen) atoms. The molecule has 0 bridgehead atoms. The van der Waals surface area contributed by atoms with E-state index >= 15 is 0 Å². The summed E-state index contributed by atoms with van der Waals surface area (Å²) in [4.78, 5) is 20.9. The van der Waals surface area contributed by atoms with Crippen molar-refractivity contribution in [2.45, 2.75) is 17.4 Å². The van der Waals surface area contributed by atoms with Crippen LogP contribution in [0.4, 0.5) is 0 Å². The molecule has 1 aromatic heterocycles. The molecule has 0 aromatic carbocycles. The number of sulfonamides is 1. The summed E-state index contributed by atoms with van der Waals surface area (Å²) in [7, 11) is -2.62. The van der Waals surface area contributed by atoms with Crippen LogP contribution in [0.2, 0.25) is 0 Å². The Balaban J connectivity index is 2.93. The van der Waals surface area contributed by atoms with Gasteiger partial charge in [-0.1, -0.05) is 0 Å². The number of carboxylic acid groups (broad SMARTS) is 2. The molecule has 3 N–H and O–H groups in total. The maximum atomic E-state index is 11.7. The van der Waals surface area contributed by atoms with Crippen molar-refractivity contribution in [3.05, 3.63) is 12.4 Å². The van der Waals surface area contributed by atoms with Gasteiger partial charge in [-0.3, -0.25) is 14.3 Å². The Hall–Kier alpha value is -1.94. The predicted molar refractivity (Wildman–Crippen MR) is 57.2 cm³/mol. The van der Waals surface area contributed by atoms with E-state index in [0.717, 1.165) is 6.20 Å². The van der Waals surface area contributed by atoms with Gasteiger partial charge in [0, 0.05) is 13.2 Å². The summed E-state index contributed by atoms with van der Waals surface area (Å²) in [6, 6.07) is -1.73. The zero-order valence-electron chi connectivity index (χ0n) is 9.27. The van der Waals surface area contributed by atoms with E-state index in [-0.39, 0.29) is 4.90 Å². The lowest BCUT2D eigenvalue weighted by molar-refractivity contribution is -0.145. The van der Waals surface area contributed by atoms with Crippen molar-refractivity contribution in [2.75, 3.05) is 0 Å². The van der Waals surface area contributed by atoms with Crippen LogP contribution in [0.5, 0.6) is 0 Å². The summed E-state index contributed by atoms with van der Waals surface area (Å²) >= 11 is 0. The molecule has 1 aromatic rings. The second-order valence-electron chi connectivity index (χ2n) is 3.46. The molecule has 0 unspecified atom stereocenters. The van der Waals surface area contributed by atoms with E-state index in [0.29, 0.717) is 0 Å². The predicted octanol–water partition coefficient (Wildman–Crippen LogP) is -1.37. The first-order valence-corrected chi connectivity index (χ1v) is 6.16. The third-order valence-electron chi connectivity index (χ3n) is 1.97. The van der Waals surface area contributed by atoms with Gasteiger partial charge in [-0.15, -0.1) is 0 Å². The number of hydrogen-bond donors (Lipinski definition) is 3. The van der Waals surface area contributed by atoms with Crippen molar-refractivity contribution >= 4 is 22.0 Å². The van der Waals surface area contributed by atoms with E-state index in [1.165, 1.54) is 17.9 Å². The first-order chi connectivity index (χ1) is 8.22. The minimum Gasteiger partial charge on any atom is -0.481 e. The number of carboxylic acids is 2. The maximum Gasteiger partial charge on any atom is 0.322 e. The van der Waals surface area contributed by atoms with Crippen LogP contribution in [0.1, 0.15) is 6.42 Å². The van der Waals surface area contributed by atoms with Gasteiger partial charge in [0.15, 0.2) is 0 Å². The molecule has 1 heterocycles. The van der Waals surface area contributed by atoms with Crippen LogP contribution in [-0.2, 0) is 26.7 Å². The third-order valence-corrected chi connectivity index (χ3v) is 3.39. The fraction of sp³-hybridized carbons (Fsp3) is 0.375. The minimum absolute atomic E-state index is 0.235. The van der Waals surface area contributed by atoms with Crippen molar-refractivity contribution in [1.29, 1.82) is 0 Å². The number of aliphatic carboxylic acids is 2. The highest BCUT2D eigenvalue weighted by molar-refractivity contribution is 7.89. The molecule has 1 rings (SSSR count). The lowest BCUT2D eigenvalue weighted by atomic mass is 10.2. The molecule has 0 amide bonds. The van der Waals surface area contributed by atoms with Gasteiger partial charge in [-0.25, -0.2) is 8.42 Å². The van der Waals surface area contributed by atoms with Gasteiger partial charge in [0.1, 0.15) is 10.9 Å². The molecule has 0 saturated heterocycles. The molecule has 0 fully saturated rings. The fourth-order valence-electron chi connectivity index (χ4n) is 1.15. The van der Waals surface area contributed by atoms with Crippen molar-refractivity contribution in [1.82, 2.24) is 14.5 Å². The minimum atomic E-state index is -4.11. The second kappa shape index (κ2) is 5.14. The Morgan fingerprint density at radius 2 is 2.11 bits per heavy atom. The summed E-state index contributed by atoms with van der Waals surface area (Å²) in [5.74, 6) is -2.99. The van der Waals surface area contributed by atoms with Crippen molar-refractivity contribution in [3.63, 3.8) is 0 Å². The topological polar surface area (TPSA) is 139 Å². The molecule has 0 aliphatic heterocycles. The number of carbonyl (C=O) groups is 2. The lowest BCUT2D eigenvalue weighted by Gasteiger charge is -2.11. The third kappa shape index (κ3) is 3.53. The van der Waals surface area contributed by atoms with E-state index in [1.54, 1.807) is 4.72 Å². The number of nitrogens with one attached hydrogen (secondary N) is 1. The summed E-state index contributed by atoms with van der Waals surface area (Å²) < 4.78 is 26.5. The Labute approximate surface area is 102 Å². The standard InChI is InChI=1S/C8H11N3O6S/c1-11-4-5(3-9-11)18(16,17)10-6(8(14)15)2-7(12)13/h3-4,6,10H,2H2,1H3,(H,12,13)(H,14,15)/t6-/m0/s1. The Morgan fingerprint density at radius 3 is 2.50 bits per heavy atom. The number of rotatable bonds is 6. The van der Waals surface area contributed by atoms with Crippen LogP contribution < -0.4 is 4.72 Å². The fourth-order valence-corrected chi connectivity index (χ4v) is 2.32.